The number of aliphatic hydroxyl groups is 1. The van der Waals surface area contributed by atoms with Crippen LogP contribution in [0.3, 0.4) is 0 Å². The van der Waals surface area contributed by atoms with Crippen LogP contribution < -0.4 is 5.32 Å². The van der Waals surface area contributed by atoms with Gasteiger partial charge in [0.15, 0.2) is 0 Å². The van der Waals surface area contributed by atoms with Gasteiger partial charge in [0.25, 0.3) is 5.91 Å². The fraction of sp³-hybridized carbons (Fsp3) is 0.562. The van der Waals surface area contributed by atoms with Crippen LogP contribution in [0.5, 0.6) is 0 Å². The highest BCUT2D eigenvalue weighted by molar-refractivity contribution is 5.95. The van der Waals surface area contributed by atoms with Crippen molar-refractivity contribution in [1.29, 1.82) is 0 Å². The third kappa shape index (κ3) is 2.52. The van der Waals surface area contributed by atoms with Gasteiger partial charge in [-0.25, -0.2) is 0 Å². The van der Waals surface area contributed by atoms with Crippen LogP contribution >= 0.6 is 0 Å². The van der Waals surface area contributed by atoms with Crippen LogP contribution in [0.25, 0.3) is 0 Å². The average molecular weight is 274 g/mol. The Hall–Kier alpha value is -1.55. The summed E-state index contributed by atoms with van der Waals surface area (Å²) in [5.74, 6) is 0.0668. The number of aryl methyl sites for hydroxylation is 1. The van der Waals surface area contributed by atoms with Crippen LogP contribution in [0.15, 0.2) is 18.2 Å². The first-order valence-electron chi connectivity index (χ1n) is 7.58. The van der Waals surface area contributed by atoms with Crippen LogP contribution in [0, 0.1) is 0 Å². The first kappa shape index (κ1) is 13.4. The van der Waals surface area contributed by atoms with Gasteiger partial charge in [-0.05, 0) is 55.9 Å². The maximum atomic E-state index is 12.6. The molecular weight excluding hydrogens is 252 g/mol. The summed E-state index contributed by atoms with van der Waals surface area (Å²) < 4.78 is 0. The molecule has 0 spiro atoms. The number of amides is 1. The van der Waals surface area contributed by atoms with E-state index in [1.165, 1.54) is 5.56 Å². The molecule has 1 fully saturated rings. The highest BCUT2D eigenvalue weighted by atomic mass is 16.3. The van der Waals surface area contributed by atoms with Gasteiger partial charge in [0, 0.05) is 24.3 Å². The van der Waals surface area contributed by atoms with Gasteiger partial charge in [0.05, 0.1) is 12.6 Å². The van der Waals surface area contributed by atoms with Crippen LogP contribution in [0.1, 0.15) is 41.6 Å². The summed E-state index contributed by atoms with van der Waals surface area (Å²) in [7, 11) is 0. The maximum absolute atomic E-state index is 12.6. The molecule has 3 rings (SSSR count). The predicted octanol–water partition coefficient (Wildman–Crippen LogP) is 2.03. The Balaban J connectivity index is 1.82. The van der Waals surface area contributed by atoms with Crippen molar-refractivity contribution in [2.24, 2.45) is 0 Å². The number of rotatable bonds is 2. The van der Waals surface area contributed by atoms with Gasteiger partial charge >= 0.3 is 0 Å². The van der Waals surface area contributed by atoms with Gasteiger partial charge in [-0.2, -0.15) is 0 Å². The van der Waals surface area contributed by atoms with E-state index in [1.54, 1.807) is 0 Å². The summed E-state index contributed by atoms with van der Waals surface area (Å²) in [6.45, 7) is 1.84. The van der Waals surface area contributed by atoms with E-state index in [9.17, 15) is 9.90 Å². The number of aliphatic hydroxyl groups excluding tert-OH is 1. The fourth-order valence-electron chi connectivity index (χ4n) is 3.23. The Morgan fingerprint density at radius 3 is 3.10 bits per heavy atom. The molecule has 2 aliphatic heterocycles. The molecule has 0 bridgehead atoms. The van der Waals surface area contributed by atoms with Crippen LogP contribution in [0.4, 0.5) is 5.69 Å². The zero-order valence-corrected chi connectivity index (χ0v) is 11.8. The fourth-order valence-corrected chi connectivity index (χ4v) is 3.23. The van der Waals surface area contributed by atoms with Gasteiger partial charge in [0.2, 0.25) is 0 Å². The number of nitrogens with zero attached hydrogens (tertiary/aromatic N) is 1. The predicted molar refractivity (Wildman–Crippen MR) is 79.0 cm³/mol. The number of fused-ring (bicyclic) bond motifs is 1. The molecule has 2 heterocycles. The number of hydrogen-bond donors (Lipinski definition) is 2. The first-order valence-corrected chi connectivity index (χ1v) is 7.58. The topological polar surface area (TPSA) is 52.6 Å². The number of likely N-dealkylation sites (tertiary alicyclic amines) is 1. The van der Waals surface area contributed by atoms with Crippen molar-refractivity contribution in [3.63, 3.8) is 0 Å². The van der Waals surface area contributed by atoms with Crippen LogP contribution in [-0.4, -0.2) is 41.7 Å². The molecule has 1 atom stereocenters. The Morgan fingerprint density at radius 1 is 1.35 bits per heavy atom. The van der Waals surface area contributed by atoms with E-state index >= 15 is 0 Å². The SMILES string of the molecule is O=C(c1ccc2c(c1)CCCN2)N1CCCCC1CO. The van der Waals surface area contributed by atoms with E-state index in [0.717, 1.165) is 56.4 Å². The van der Waals surface area contributed by atoms with E-state index in [1.807, 2.05) is 23.1 Å². The standard InChI is InChI=1S/C16H22N2O2/c19-11-14-5-1-2-9-18(14)16(20)13-6-7-15-12(10-13)4-3-8-17-15/h6-7,10,14,17,19H,1-5,8-9,11H2. The molecule has 4 heteroatoms. The number of nitrogens with one attached hydrogen (secondary N) is 1. The second-order valence-corrected chi connectivity index (χ2v) is 5.73. The first-order chi connectivity index (χ1) is 9.79. The number of carbonyl (C=O) groups excluding carboxylic acids is 1. The molecule has 1 aromatic rings. The Kier molecular flexibility index (Phi) is 3.92. The molecule has 20 heavy (non-hydrogen) atoms. The average Bonchev–Trinajstić information content (AvgIpc) is 2.53. The van der Waals surface area contributed by atoms with Gasteiger partial charge in [-0.3, -0.25) is 4.79 Å². The quantitative estimate of drug-likeness (QED) is 0.867. The van der Waals surface area contributed by atoms with Gasteiger partial charge < -0.3 is 15.3 Å². The van der Waals surface area contributed by atoms with E-state index in [2.05, 4.69) is 5.32 Å². The molecule has 0 aromatic heterocycles. The van der Waals surface area contributed by atoms with Gasteiger partial charge in [-0.15, -0.1) is 0 Å². The summed E-state index contributed by atoms with van der Waals surface area (Å²) in [5.41, 5.74) is 3.15. The lowest BCUT2D eigenvalue weighted by Crippen LogP contribution is -2.45. The van der Waals surface area contributed by atoms with Crippen molar-refractivity contribution in [1.82, 2.24) is 4.90 Å². The van der Waals surface area contributed by atoms with E-state index < -0.39 is 0 Å². The number of hydrogen-bond acceptors (Lipinski definition) is 3. The van der Waals surface area contributed by atoms with Crippen LogP contribution in [-0.2, 0) is 6.42 Å². The third-order valence-corrected chi connectivity index (χ3v) is 4.39. The molecule has 0 radical (unpaired) electrons. The van der Waals surface area contributed by atoms with Crippen molar-refractivity contribution in [2.75, 3.05) is 25.0 Å². The summed E-state index contributed by atoms with van der Waals surface area (Å²) in [4.78, 5) is 14.5. The van der Waals surface area contributed by atoms with Gasteiger partial charge in [0.1, 0.15) is 0 Å². The Morgan fingerprint density at radius 2 is 2.25 bits per heavy atom. The molecule has 2 N–H and O–H groups in total. The minimum Gasteiger partial charge on any atom is -0.394 e. The molecule has 2 aliphatic rings. The van der Waals surface area contributed by atoms with E-state index in [-0.39, 0.29) is 18.6 Å². The molecular formula is C16H22N2O2. The second-order valence-electron chi connectivity index (χ2n) is 5.73. The smallest absolute Gasteiger partial charge is 0.254 e. The minimum atomic E-state index is -0.00888. The van der Waals surface area contributed by atoms with Crippen molar-refractivity contribution in [3.8, 4) is 0 Å². The zero-order chi connectivity index (χ0) is 13.9. The molecule has 4 nitrogen and oxygen atoms in total. The Bertz CT molecular complexity index is 501. The summed E-state index contributed by atoms with van der Waals surface area (Å²) in [6, 6.07) is 5.93. The normalized spacial score (nSPS) is 22.1. The largest absolute Gasteiger partial charge is 0.394 e. The molecule has 0 saturated carbocycles. The maximum Gasteiger partial charge on any atom is 0.254 e. The van der Waals surface area contributed by atoms with Crippen LogP contribution in [0.2, 0.25) is 0 Å². The molecule has 1 aromatic carbocycles. The summed E-state index contributed by atoms with van der Waals surface area (Å²) in [6.07, 6.45) is 5.20. The van der Waals surface area contributed by atoms with Gasteiger partial charge in [-0.1, -0.05) is 0 Å². The lowest BCUT2D eigenvalue weighted by molar-refractivity contribution is 0.0503. The lowest BCUT2D eigenvalue weighted by Gasteiger charge is -2.35. The van der Waals surface area contributed by atoms with E-state index in [4.69, 9.17) is 0 Å². The number of piperidine rings is 1. The highest BCUT2D eigenvalue weighted by Gasteiger charge is 2.27. The molecule has 1 unspecified atom stereocenters. The van der Waals surface area contributed by atoms with Crippen molar-refractivity contribution in [3.05, 3.63) is 29.3 Å². The third-order valence-electron chi connectivity index (χ3n) is 4.39. The second kappa shape index (κ2) is 5.83. The van der Waals surface area contributed by atoms with E-state index in [0.29, 0.717) is 0 Å². The summed E-state index contributed by atoms with van der Waals surface area (Å²) in [5, 5.41) is 12.8. The molecule has 1 amide bonds. The minimum absolute atomic E-state index is 0.00888. The molecule has 108 valence electrons. The lowest BCUT2D eigenvalue weighted by atomic mass is 9.98. The zero-order valence-electron chi connectivity index (χ0n) is 11.8. The van der Waals surface area contributed by atoms with Crippen molar-refractivity contribution < 1.29 is 9.90 Å². The monoisotopic (exact) mass is 274 g/mol. The number of benzene rings is 1. The number of carbonyl (C=O) groups is 1. The highest BCUT2D eigenvalue weighted by Crippen LogP contribution is 2.25. The summed E-state index contributed by atoms with van der Waals surface area (Å²) >= 11 is 0. The Labute approximate surface area is 119 Å². The number of anilines is 1. The van der Waals surface area contributed by atoms with Crippen molar-refractivity contribution >= 4 is 11.6 Å². The van der Waals surface area contributed by atoms with Crippen molar-refractivity contribution in [2.45, 2.75) is 38.1 Å². The molecule has 0 aliphatic carbocycles. The molecule has 1 saturated heterocycles.